The number of rotatable bonds is 3. The minimum Gasteiger partial charge on any atom is -0.376 e. The van der Waals surface area contributed by atoms with E-state index in [4.69, 9.17) is 9.47 Å². The van der Waals surface area contributed by atoms with Crippen molar-refractivity contribution < 1.29 is 14.3 Å². The molecule has 3 nitrogen and oxygen atoms in total. The third-order valence-electron chi connectivity index (χ3n) is 2.89. The van der Waals surface area contributed by atoms with Gasteiger partial charge in [0.15, 0.2) is 5.78 Å². The molecule has 2 rings (SSSR count). The summed E-state index contributed by atoms with van der Waals surface area (Å²) in [7, 11) is 0. The largest absolute Gasteiger partial charge is 0.376 e. The Morgan fingerprint density at radius 3 is 2.69 bits per heavy atom. The lowest BCUT2D eigenvalue weighted by Gasteiger charge is -2.28. The van der Waals surface area contributed by atoms with E-state index in [1.165, 1.54) is 19.3 Å². The summed E-state index contributed by atoms with van der Waals surface area (Å²) in [6.45, 7) is 1.67. The Balaban J connectivity index is 1.74. The molecule has 1 unspecified atom stereocenters. The molecule has 0 bridgehead atoms. The normalized spacial score (nSPS) is 29.7. The topological polar surface area (TPSA) is 35.5 Å². The Hall–Kier alpha value is -0.410. The van der Waals surface area contributed by atoms with Crippen molar-refractivity contribution in [3.63, 3.8) is 0 Å². The molecule has 0 aromatic carbocycles. The van der Waals surface area contributed by atoms with Crippen LogP contribution in [0.25, 0.3) is 0 Å². The van der Waals surface area contributed by atoms with E-state index in [1.807, 2.05) is 0 Å². The predicted molar refractivity (Wildman–Crippen MR) is 47.5 cm³/mol. The molecule has 74 valence electrons. The molecule has 1 heterocycles. The molecular formula is C10H16O3. The van der Waals surface area contributed by atoms with Crippen LogP contribution in [-0.4, -0.2) is 31.7 Å². The smallest absolute Gasteiger partial charge is 0.164 e. The van der Waals surface area contributed by atoms with E-state index >= 15 is 0 Å². The number of hydrogen-bond acceptors (Lipinski definition) is 3. The monoisotopic (exact) mass is 184 g/mol. The zero-order valence-corrected chi connectivity index (χ0v) is 7.83. The summed E-state index contributed by atoms with van der Waals surface area (Å²) in [6.07, 6.45) is 4.17. The fraction of sp³-hybridized carbons (Fsp3) is 0.900. The maximum absolute atomic E-state index is 11.6. The lowest BCUT2D eigenvalue weighted by atomic mass is 9.81. The fourth-order valence-electron chi connectivity index (χ4n) is 1.79. The molecule has 1 aliphatic heterocycles. The molecule has 0 spiro atoms. The summed E-state index contributed by atoms with van der Waals surface area (Å²) in [5.74, 6) is 0.877. The van der Waals surface area contributed by atoms with Gasteiger partial charge in [-0.2, -0.15) is 0 Å². The van der Waals surface area contributed by atoms with Crippen LogP contribution < -0.4 is 0 Å². The van der Waals surface area contributed by atoms with E-state index in [0.717, 1.165) is 0 Å². The number of ether oxygens (including phenoxy) is 2. The summed E-state index contributed by atoms with van der Waals surface area (Å²) in [6, 6.07) is 0. The maximum atomic E-state index is 11.6. The molecule has 1 saturated carbocycles. The van der Waals surface area contributed by atoms with E-state index in [1.54, 1.807) is 0 Å². The second kappa shape index (κ2) is 4.20. The molecular weight excluding hydrogens is 168 g/mol. The lowest BCUT2D eigenvalue weighted by Crippen LogP contribution is -2.36. The maximum Gasteiger partial charge on any atom is 0.164 e. The summed E-state index contributed by atoms with van der Waals surface area (Å²) < 4.78 is 10.5. The SMILES string of the molecule is O=C(CC1CCC1)C1COCCO1. The van der Waals surface area contributed by atoms with Gasteiger partial charge in [-0.1, -0.05) is 19.3 Å². The van der Waals surface area contributed by atoms with Gasteiger partial charge in [-0.15, -0.1) is 0 Å². The van der Waals surface area contributed by atoms with Crippen molar-refractivity contribution in [3.05, 3.63) is 0 Å². The minimum absolute atomic E-state index is 0.240. The molecule has 1 aliphatic carbocycles. The Morgan fingerprint density at radius 1 is 1.31 bits per heavy atom. The molecule has 0 amide bonds. The highest BCUT2D eigenvalue weighted by molar-refractivity contribution is 5.83. The first-order valence-corrected chi connectivity index (χ1v) is 5.08. The van der Waals surface area contributed by atoms with Crippen molar-refractivity contribution in [1.29, 1.82) is 0 Å². The van der Waals surface area contributed by atoms with Gasteiger partial charge in [-0.25, -0.2) is 0 Å². The van der Waals surface area contributed by atoms with Crippen LogP contribution in [0.3, 0.4) is 0 Å². The van der Waals surface area contributed by atoms with E-state index in [0.29, 0.717) is 32.2 Å². The van der Waals surface area contributed by atoms with Crippen LogP contribution in [0.2, 0.25) is 0 Å². The van der Waals surface area contributed by atoms with Crippen LogP contribution in [-0.2, 0) is 14.3 Å². The van der Waals surface area contributed by atoms with E-state index in [2.05, 4.69) is 0 Å². The molecule has 2 aliphatic rings. The molecule has 2 fully saturated rings. The van der Waals surface area contributed by atoms with Crippen LogP contribution in [0.15, 0.2) is 0 Å². The first-order chi connectivity index (χ1) is 6.36. The number of ketones is 1. The molecule has 3 heteroatoms. The van der Waals surface area contributed by atoms with Crippen molar-refractivity contribution >= 4 is 5.78 Å². The van der Waals surface area contributed by atoms with Crippen molar-refractivity contribution in [2.75, 3.05) is 19.8 Å². The molecule has 1 saturated heterocycles. The Labute approximate surface area is 78.4 Å². The van der Waals surface area contributed by atoms with Crippen molar-refractivity contribution in [3.8, 4) is 0 Å². The van der Waals surface area contributed by atoms with Gasteiger partial charge in [0.25, 0.3) is 0 Å². The lowest BCUT2D eigenvalue weighted by molar-refractivity contribution is -0.146. The van der Waals surface area contributed by atoms with Crippen LogP contribution in [0.5, 0.6) is 0 Å². The molecule has 13 heavy (non-hydrogen) atoms. The summed E-state index contributed by atoms with van der Waals surface area (Å²) in [5, 5.41) is 0. The molecule has 0 aromatic rings. The predicted octanol–water partition coefficient (Wildman–Crippen LogP) is 1.16. The second-order valence-corrected chi connectivity index (χ2v) is 3.90. The second-order valence-electron chi connectivity index (χ2n) is 3.90. The van der Waals surface area contributed by atoms with Gasteiger partial charge in [0.05, 0.1) is 19.8 Å². The summed E-state index contributed by atoms with van der Waals surface area (Å²) in [4.78, 5) is 11.6. The third-order valence-corrected chi connectivity index (χ3v) is 2.89. The Morgan fingerprint density at radius 2 is 2.15 bits per heavy atom. The van der Waals surface area contributed by atoms with Crippen molar-refractivity contribution in [2.24, 2.45) is 5.92 Å². The molecule has 0 N–H and O–H groups in total. The third kappa shape index (κ3) is 2.29. The average Bonchev–Trinajstić information content (AvgIpc) is 2.12. The Kier molecular flexibility index (Phi) is 2.96. The minimum atomic E-state index is -0.269. The van der Waals surface area contributed by atoms with Crippen LogP contribution in [0, 0.1) is 5.92 Å². The van der Waals surface area contributed by atoms with Gasteiger partial charge in [0.2, 0.25) is 0 Å². The molecule has 0 radical (unpaired) electrons. The van der Waals surface area contributed by atoms with Crippen LogP contribution in [0.4, 0.5) is 0 Å². The van der Waals surface area contributed by atoms with E-state index in [-0.39, 0.29) is 11.9 Å². The molecule has 1 atom stereocenters. The zero-order valence-electron chi connectivity index (χ0n) is 7.83. The van der Waals surface area contributed by atoms with E-state index in [9.17, 15) is 4.79 Å². The van der Waals surface area contributed by atoms with Gasteiger partial charge in [0, 0.05) is 6.42 Å². The average molecular weight is 184 g/mol. The van der Waals surface area contributed by atoms with Gasteiger partial charge in [-0.3, -0.25) is 4.79 Å². The zero-order chi connectivity index (χ0) is 9.10. The highest BCUT2D eigenvalue weighted by Gasteiger charge is 2.27. The first kappa shape index (κ1) is 9.16. The van der Waals surface area contributed by atoms with Crippen LogP contribution >= 0.6 is 0 Å². The quantitative estimate of drug-likeness (QED) is 0.660. The number of carbonyl (C=O) groups excluding carboxylic acids is 1. The summed E-state index contributed by atoms with van der Waals surface area (Å²) in [5.41, 5.74) is 0. The fourth-order valence-corrected chi connectivity index (χ4v) is 1.79. The van der Waals surface area contributed by atoms with Crippen molar-refractivity contribution in [1.82, 2.24) is 0 Å². The standard InChI is InChI=1S/C10H16O3/c11-9(6-8-2-1-3-8)10-7-12-4-5-13-10/h8,10H,1-7H2. The van der Waals surface area contributed by atoms with Gasteiger partial charge in [-0.05, 0) is 5.92 Å². The van der Waals surface area contributed by atoms with Gasteiger partial charge >= 0.3 is 0 Å². The summed E-state index contributed by atoms with van der Waals surface area (Å²) >= 11 is 0. The Bertz CT molecular complexity index is 181. The number of hydrogen-bond donors (Lipinski definition) is 0. The number of carbonyl (C=O) groups is 1. The van der Waals surface area contributed by atoms with Crippen LogP contribution in [0.1, 0.15) is 25.7 Å². The molecule has 0 aromatic heterocycles. The number of Topliss-reactive ketones (excluding diaryl/α,β-unsaturated/α-hetero) is 1. The van der Waals surface area contributed by atoms with E-state index < -0.39 is 0 Å². The highest BCUT2D eigenvalue weighted by atomic mass is 16.6. The van der Waals surface area contributed by atoms with Crippen molar-refractivity contribution in [2.45, 2.75) is 31.8 Å². The van der Waals surface area contributed by atoms with Gasteiger partial charge < -0.3 is 9.47 Å². The van der Waals surface area contributed by atoms with Gasteiger partial charge in [0.1, 0.15) is 6.10 Å². The first-order valence-electron chi connectivity index (χ1n) is 5.08. The highest BCUT2D eigenvalue weighted by Crippen LogP contribution is 2.30.